The topological polar surface area (TPSA) is 199 Å². The van der Waals surface area contributed by atoms with Crippen LogP contribution in [0, 0.1) is 0 Å². The van der Waals surface area contributed by atoms with E-state index in [4.69, 9.17) is 0 Å². The molecule has 2 unspecified atom stereocenters. The third kappa shape index (κ3) is 16.6. The Morgan fingerprint density at radius 3 is 1.54 bits per heavy atom. The molecule has 0 aromatic carbocycles. The van der Waals surface area contributed by atoms with Crippen molar-refractivity contribution in [3.8, 4) is 0 Å². The highest BCUT2D eigenvalue weighted by Gasteiger charge is 2.19. The number of rotatable bonds is 12. The lowest BCUT2D eigenvalue weighted by molar-refractivity contribution is -0.944. The number of carbonyl (C=O) groups excluding carboxylic acids is 4. The van der Waals surface area contributed by atoms with Crippen molar-refractivity contribution in [3.05, 3.63) is 0 Å². The summed E-state index contributed by atoms with van der Waals surface area (Å²) in [6.45, 7) is 1.91. The molecule has 0 heterocycles. The molecule has 26 heavy (non-hydrogen) atoms. The van der Waals surface area contributed by atoms with Gasteiger partial charge in [0.25, 0.3) is 11.8 Å². The molecule has 0 spiro atoms. The highest BCUT2D eigenvalue weighted by atomic mass is 16.4. The van der Waals surface area contributed by atoms with Gasteiger partial charge < -0.3 is 51.7 Å². The summed E-state index contributed by atoms with van der Waals surface area (Å²) >= 11 is 0. The molecule has 0 aromatic rings. The predicted octanol–water partition coefficient (Wildman–Crippen LogP) is -9.00. The van der Waals surface area contributed by atoms with Gasteiger partial charge in [-0.1, -0.05) is 0 Å². The fraction of sp³-hybridized carbons (Fsp3) is 0.714. The first-order valence-corrected chi connectivity index (χ1v) is 8.14. The van der Waals surface area contributed by atoms with Gasteiger partial charge in [-0.05, 0) is 6.92 Å². The monoisotopic (exact) mass is 378 g/mol. The first kappa shape index (κ1) is 26.0. The number of aliphatic carboxylic acids is 2. The van der Waals surface area contributed by atoms with Crippen LogP contribution < -0.4 is 42.1 Å². The van der Waals surface area contributed by atoms with Crippen LogP contribution in [0.5, 0.6) is 0 Å². The number of nitrogens with one attached hydrogen (secondary N) is 4. The highest BCUT2D eigenvalue weighted by molar-refractivity contribution is 5.77. The number of nitrogens with two attached hydrogens (primary N) is 2. The molecule has 12 heteroatoms. The molecule has 8 N–H and O–H groups in total. The zero-order valence-corrected chi connectivity index (χ0v) is 15.3. The van der Waals surface area contributed by atoms with Gasteiger partial charge in [0.05, 0.1) is 11.9 Å². The summed E-state index contributed by atoms with van der Waals surface area (Å²) in [5.74, 6) is -3.27. The van der Waals surface area contributed by atoms with Gasteiger partial charge in [0.2, 0.25) is 0 Å². The number of hydrogen-bond acceptors (Lipinski definition) is 8. The van der Waals surface area contributed by atoms with E-state index in [1.54, 1.807) is 6.92 Å². The summed E-state index contributed by atoms with van der Waals surface area (Å²) in [4.78, 5) is 45.2. The van der Waals surface area contributed by atoms with E-state index in [2.05, 4.69) is 22.1 Å². The minimum Gasteiger partial charge on any atom is -0.544 e. The smallest absolute Gasteiger partial charge is 0.275 e. The molecule has 0 saturated carbocycles. The van der Waals surface area contributed by atoms with Gasteiger partial charge in [0.15, 0.2) is 13.1 Å². The molecule has 0 saturated heterocycles. The van der Waals surface area contributed by atoms with Crippen LogP contribution in [0.25, 0.3) is 0 Å². The van der Waals surface area contributed by atoms with E-state index < -0.39 is 11.9 Å². The first-order valence-electron chi connectivity index (χ1n) is 8.14. The normalized spacial score (nSPS) is 12.2. The number of carboxylic acids is 2. The number of hydrogen-bond donors (Lipinski definition) is 6. The van der Waals surface area contributed by atoms with Crippen LogP contribution in [0.15, 0.2) is 0 Å². The third-order valence-electron chi connectivity index (χ3n) is 3.09. The van der Waals surface area contributed by atoms with Crippen LogP contribution in [-0.2, 0) is 19.2 Å². The van der Waals surface area contributed by atoms with Crippen LogP contribution >= 0.6 is 0 Å². The zero-order valence-electron chi connectivity index (χ0n) is 15.3. The number of carbonyl (C=O) groups is 4. The minimum absolute atomic E-state index is 0.0691. The Morgan fingerprint density at radius 1 is 0.846 bits per heavy atom. The van der Waals surface area contributed by atoms with E-state index in [1.165, 1.54) is 7.05 Å². The molecule has 0 aliphatic carbocycles. The number of quaternary nitrogens is 2. The van der Waals surface area contributed by atoms with Crippen molar-refractivity contribution in [2.75, 3.05) is 59.5 Å². The molecule has 152 valence electrons. The quantitative estimate of drug-likeness (QED) is 0.180. The van der Waals surface area contributed by atoms with Crippen molar-refractivity contribution in [2.45, 2.75) is 6.92 Å². The van der Waals surface area contributed by atoms with E-state index >= 15 is 0 Å². The Morgan fingerprint density at radius 2 is 1.23 bits per heavy atom. The predicted molar refractivity (Wildman–Crippen MR) is 87.1 cm³/mol. The minimum atomic E-state index is -1.31. The van der Waals surface area contributed by atoms with Crippen molar-refractivity contribution < 1.29 is 39.2 Å². The molecule has 0 aliphatic rings. The maximum Gasteiger partial charge on any atom is 0.275 e. The lowest BCUT2D eigenvalue weighted by Gasteiger charge is -2.23. The van der Waals surface area contributed by atoms with Gasteiger partial charge in [-0.15, -0.1) is 0 Å². The lowest BCUT2D eigenvalue weighted by atomic mass is 10.3. The van der Waals surface area contributed by atoms with Gasteiger partial charge in [0.1, 0.15) is 26.2 Å². The molecular formula is C14H30N6O6. The Kier molecular flexibility index (Phi) is 16.2. The van der Waals surface area contributed by atoms with E-state index in [0.29, 0.717) is 16.3 Å². The zero-order chi connectivity index (χ0) is 20.5. The average molecular weight is 378 g/mol. The van der Waals surface area contributed by atoms with Gasteiger partial charge >= 0.3 is 0 Å². The number of amides is 2. The van der Waals surface area contributed by atoms with Crippen LogP contribution in [-0.4, -0.2) is 83.3 Å². The summed E-state index contributed by atoms with van der Waals surface area (Å²) in [7, 11) is 1.43. The van der Waals surface area contributed by atoms with Crippen molar-refractivity contribution in [2.24, 2.45) is 11.5 Å². The highest BCUT2D eigenvalue weighted by Crippen LogP contribution is 1.62. The van der Waals surface area contributed by atoms with E-state index in [9.17, 15) is 29.4 Å². The summed E-state index contributed by atoms with van der Waals surface area (Å²) in [5.41, 5.74) is 9.25. The molecule has 0 bridgehead atoms. The first-order chi connectivity index (χ1) is 12.2. The Balaban J connectivity index is 0. The van der Waals surface area contributed by atoms with Crippen molar-refractivity contribution in [1.82, 2.24) is 10.6 Å². The largest absolute Gasteiger partial charge is 0.544 e. The fourth-order valence-corrected chi connectivity index (χ4v) is 2.04. The number of likely N-dealkylation sites (N-methyl/N-ethyl adjacent to an activating group) is 2. The molecule has 0 rings (SSSR count). The Hall–Kier alpha value is -2.28. The molecule has 2 atom stereocenters. The summed E-state index contributed by atoms with van der Waals surface area (Å²) < 4.78 is 0. The SMILES string of the molecule is CCNC(=O)C[NH+](CC[NH+](CC(=O)[O-])CC(=O)NC)CC(=O)[O-].NCN. The van der Waals surface area contributed by atoms with E-state index in [1.807, 2.05) is 0 Å². The van der Waals surface area contributed by atoms with Gasteiger partial charge in [0, 0.05) is 20.3 Å². The maximum atomic E-state index is 11.6. The van der Waals surface area contributed by atoms with Gasteiger partial charge in [-0.3, -0.25) is 9.59 Å². The molecule has 12 nitrogen and oxygen atoms in total. The van der Waals surface area contributed by atoms with Crippen molar-refractivity contribution in [3.63, 3.8) is 0 Å². The standard InChI is InChI=1S/C13H24N4O6.CH6N2/c1-3-15-11(19)7-17(9-13(22)23)5-4-16(8-12(20)21)6-10(18)14-2;2-1-3/h3-9H2,1-2H3,(H,14,18)(H,15,19)(H,20,21)(H,22,23);1-3H2. The Labute approximate surface area is 152 Å². The van der Waals surface area contributed by atoms with E-state index in [-0.39, 0.29) is 57.8 Å². The molecule has 2 amide bonds. The van der Waals surface area contributed by atoms with Crippen LogP contribution in [0.2, 0.25) is 0 Å². The van der Waals surface area contributed by atoms with Gasteiger partial charge in [-0.25, -0.2) is 0 Å². The second-order valence-electron chi connectivity index (χ2n) is 5.31. The lowest BCUT2D eigenvalue weighted by Crippen LogP contribution is -3.22. The van der Waals surface area contributed by atoms with Crippen LogP contribution in [0.3, 0.4) is 0 Å². The van der Waals surface area contributed by atoms with Crippen molar-refractivity contribution in [1.29, 1.82) is 0 Å². The second kappa shape index (κ2) is 16.2. The second-order valence-corrected chi connectivity index (χ2v) is 5.31. The fourth-order valence-electron chi connectivity index (χ4n) is 2.04. The summed E-state index contributed by atoms with van der Waals surface area (Å²) in [6.07, 6.45) is 0. The molecule has 0 aliphatic heterocycles. The third-order valence-corrected chi connectivity index (χ3v) is 3.09. The molecule has 0 fully saturated rings. The van der Waals surface area contributed by atoms with Crippen LogP contribution in [0.1, 0.15) is 6.92 Å². The van der Waals surface area contributed by atoms with E-state index in [0.717, 1.165) is 0 Å². The summed E-state index contributed by atoms with van der Waals surface area (Å²) in [5, 5.41) is 26.4. The molecule has 0 radical (unpaired) electrons. The Bertz CT molecular complexity index is 448. The molecular weight excluding hydrogens is 348 g/mol. The maximum absolute atomic E-state index is 11.6. The molecule has 0 aromatic heterocycles. The van der Waals surface area contributed by atoms with Crippen LogP contribution in [0.4, 0.5) is 0 Å². The average Bonchev–Trinajstić information content (AvgIpc) is 2.52. The number of carboxylic acid groups (broad SMARTS) is 2. The van der Waals surface area contributed by atoms with Gasteiger partial charge in [-0.2, -0.15) is 0 Å². The van der Waals surface area contributed by atoms with Crippen molar-refractivity contribution >= 4 is 23.8 Å². The summed E-state index contributed by atoms with van der Waals surface area (Å²) in [6, 6.07) is 0.